The number of benzene rings is 2. The van der Waals surface area contributed by atoms with Crippen LogP contribution in [0.2, 0.25) is 0 Å². The predicted octanol–water partition coefficient (Wildman–Crippen LogP) is 3.86. The third-order valence-electron chi connectivity index (χ3n) is 6.10. The van der Waals surface area contributed by atoms with Crippen molar-refractivity contribution in [1.82, 2.24) is 9.80 Å². The van der Waals surface area contributed by atoms with Crippen molar-refractivity contribution in [3.8, 4) is 5.75 Å². The molecular formula is C24H32N2O2. The molecule has 2 aromatic rings. The van der Waals surface area contributed by atoms with Gasteiger partial charge in [-0.05, 0) is 61.5 Å². The summed E-state index contributed by atoms with van der Waals surface area (Å²) in [6, 6.07) is 18.5. The molecule has 4 heteroatoms. The minimum atomic E-state index is 0.302. The van der Waals surface area contributed by atoms with Gasteiger partial charge in [-0.3, -0.25) is 4.90 Å². The Labute approximate surface area is 168 Å². The van der Waals surface area contributed by atoms with Crippen molar-refractivity contribution in [3.63, 3.8) is 0 Å². The summed E-state index contributed by atoms with van der Waals surface area (Å²) in [4.78, 5) is 5.13. The van der Waals surface area contributed by atoms with Gasteiger partial charge >= 0.3 is 0 Å². The largest absolute Gasteiger partial charge is 0.508 e. The van der Waals surface area contributed by atoms with Gasteiger partial charge in [-0.2, -0.15) is 0 Å². The highest BCUT2D eigenvalue weighted by atomic mass is 16.5. The van der Waals surface area contributed by atoms with Crippen molar-refractivity contribution in [3.05, 3.63) is 65.7 Å². The molecule has 1 N–H and O–H groups in total. The second-order valence-corrected chi connectivity index (χ2v) is 8.23. The van der Waals surface area contributed by atoms with Crippen LogP contribution in [0.4, 0.5) is 0 Å². The molecule has 2 aromatic carbocycles. The molecular weight excluding hydrogens is 348 g/mol. The van der Waals surface area contributed by atoms with Crippen LogP contribution < -0.4 is 0 Å². The summed E-state index contributed by atoms with van der Waals surface area (Å²) in [5.74, 6) is 0.966. The van der Waals surface area contributed by atoms with Gasteiger partial charge in [-0.25, -0.2) is 0 Å². The predicted molar refractivity (Wildman–Crippen MR) is 113 cm³/mol. The second kappa shape index (κ2) is 9.55. The summed E-state index contributed by atoms with van der Waals surface area (Å²) in [6.45, 7) is 7.33. The maximum Gasteiger partial charge on any atom is 0.115 e. The van der Waals surface area contributed by atoms with Crippen molar-refractivity contribution in [2.45, 2.75) is 37.8 Å². The first-order chi connectivity index (χ1) is 13.8. The number of phenolic OH excluding ortho intramolecular Hbond substituents is 1. The van der Waals surface area contributed by atoms with E-state index in [0.29, 0.717) is 17.8 Å². The quantitative estimate of drug-likeness (QED) is 0.854. The Bertz CT molecular complexity index is 711. The molecule has 2 fully saturated rings. The molecule has 0 bridgehead atoms. The normalized spacial score (nSPS) is 22.8. The van der Waals surface area contributed by atoms with Gasteiger partial charge in [-0.15, -0.1) is 0 Å². The Balaban J connectivity index is 1.27. The highest BCUT2D eigenvalue weighted by molar-refractivity contribution is 5.28. The summed E-state index contributed by atoms with van der Waals surface area (Å²) in [7, 11) is 0. The van der Waals surface area contributed by atoms with Gasteiger partial charge < -0.3 is 14.7 Å². The molecule has 2 saturated heterocycles. The number of nitrogens with zero attached hydrogens (tertiary/aromatic N) is 2. The van der Waals surface area contributed by atoms with Crippen LogP contribution in [0.3, 0.4) is 0 Å². The summed E-state index contributed by atoms with van der Waals surface area (Å²) < 4.78 is 6.19. The first kappa shape index (κ1) is 19.4. The monoisotopic (exact) mass is 380 g/mol. The average molecular weight is 381 g/mol. The van der Waals surface area contributed by atoms with E-state index >= 15 is 0 Å². The number of likely N-dealkylation sites (tertiary alicyclic amines) is 1. The van der Waals surface area contributed by atoms with Crippen LogP contribution in [0.15, 0.2) is 54.6 Å². The smallest absolute Gasteiger partial charge is 0.115 e. The number of ether oxygens (including phenoxy) is 1. The first-order valence-corrected chi connectivity index (χ1v) is 10.7. The Kier molecular flexibility index (Phi) is 6.63. The number of hydrogen-bond acceptors (Lipinski definition) is 4. The number of aromatic hydroxyl groups is 1. The Morgan fingerprint density at radius 3 is 2.39 bits per heavy atom. The second-order valence-electron chi connectivity index (χ2n) is 8.23. The topological polar surface area (TPSA) is 35.9 Å². The minimum Gasteiger partial charge on any atom is -0.508 e. The number of phenols is 1. The molecule has 1 atom stereocenters. The van der Waals surface area contributed by atoms with Crippen molar-refractivity contribution in [2.75, 3.05) is 39.3 Å². The van der Waals surface area contributed by atoms with E-state index < -0.39 is 0 Å². The molecule has 2 aliphatic heterocycles. The van der Waals surface area contributed by atoms with E-state index in [4.69, 9.17) is 4.74 Å². The maximum atomic E-state index is 9.49. The molecule has 0 amide bonds. The lowest BCUT2D eigenvalue weighted by Gasteiger charge is -2.35. The molecule has 28 heavy (non-hydrogen) atoms. The Morgan fingerprint density at radius 1 is 0.893 bits per heavy atom. The molecule has 0 spiro atoms. The highest BCUT2D eigenvalue weighted by Crippen LogP contribution is 2.29. The molecule has 0 radical (unpaired) electrons. The lowest BCUT2D eigenvalue weighted by Crippen LogP contribution is -2.43. The van der Waals surface area contributed by atoms with E-state index in [2.05, 4.69) is 52.3 Å². The fourth-order valence-electron chi connectivity index (χ4n) is 4.55. The van der Waals surface area contributed by atoms with Crippen molar-refractivity contribution in [2.24, 2.45) is 0 Å². The van der Waals surface area contributed by atoms with Gasteiger partial charge in [0.2, 0.25) is 0 Å². The summed E-state index contributed by atoms with van der Waals surface area (Å²) in [5.41, 5.74) is 2.75. The van der Waals surface area contributed by atoms with E-state index in [-0.39, 0.29) is 0 Å². The molecule has 0 aliphatic carbocycles. The zero-order chi connectivity index (χ0) is 19.2. The molecule has 4 rings (SSSR count). The highest BCUT2D eigenvalue weighted by Gasteiger charge is 2.25. The zero-order valence-corrected chi connectivity index (χ0v) is 16.7. The minimum absolute atomic E-state index is 0.302. The molecule has 150 valence electrons. The lowest BCUT2D eigenvalue weighted by atomic mass is 9.89. The molecule has 4 nitrogen and oxygen atoms in total. The Morgan fingerprint density at radius 2 is 1.64 bits per heavy atom. The average Bonchev–Trinajstić information content (AvgIpc) is 2.95. The van der Waals surface area contributed by atoms with Crippen LogP contribution >= 0.6 is 0 Å². The van der Waals surface area contributed by atoms with E-state index in [9.17, 15) is 5.11 Å². The summed E-state index contributed by atoms with van der Waals surface area (Å²) in [5, 5.41) is 9.49. The molecule has 0 aromatic heterocycles. The van der Waals surface area contributed by atoms with E-state index in [0.717, 1.165) is 52.3 Å². The van der Waals surface area contributed by atoms with Gasteiger partial charge in [0.1, 0.15) is 5.75 Å². The van der Waals surface area contributed by atoms with Gasteiger partial charge in [0, 0.05) is 32.8 Å². The number of rotatable bonds is 5. The third kappa shape index (κ3) is 5.34. The number of hydrogen-bond donors (Lipinski definition) is 1. The van der Waals surface area contributed by atoms with Gasteiger partial charge in [0.15, 0.2) is 0 Å². The van der Waals surface area contributed by atoms with Crippen molar-refractivity contribution < 1.29 is 9.84 Å². The maximum absolute atomic E-state index is 9.49. The summed E-state index contributed by atoms with van der Waals surface area (Å²) in [6.07, 6.45) is 3.79. The van der Waals surface area contributed by atoms with Crippen molar-refractivity contribution >= 4 is 0 Å². The molecule has 0 saturated carbocycles. The van der Waals surface area contributed by atoms with Crippen LogP contribution in [0.1, 0.15) is 36.3 Å². The van der Waals surface area contributed by atoms with Crippen LogP contribution in [-0.4, -0.2) is 60.3 Å². The van der Waals surface area contributed by atoms with Crippen LogP contribution in [0.5, 0.6) is 5.75 Å². The zero-order valence-electron chi connectivity index (χ0n) is 16.7. The fourth-order valence-corrected chi connectivity index (χ4v) is 4.55. The molecule has 2 heterocycles. The Hall–Kier alpha value is -1.88. The van der Waals surface area contributed by atoms with E-state index in [1.165, 1.54) is 24.0 Å². The molecule has 2 aliphatic rings. The number of piperidine rings is 1. The first-order valence-electron chi connectivity index (χ1n) is 10.7. The van der Waals surface area contributed by atoms with Gasteiger partial charge in [-0.1, -0.05) is 42.5 Å². The third-order valence-corrected chi connectivity index (χ3v) is 6.10. The van der Waals surface area contributed by atoms with Gasteiger partial charge in [0.25, 0.3) is 0 Å². The lowest BCUT2D eigenvalue weighted by molar-refractivity contribution is 0.0203. The van der Waals surface area contributed by atoms with E-state index in [1.54, 1.807) is 0 Å². The fraction of sp³-hybridized carbons (Fsp3) is 0.500. The standard InChI is InChI=1S/C24H32N2O2/c27-23-9-7-21(8-10-23)22-11-14-25(15-12-22)18-24-19-26(13-4-16-28-24)17-20-5-2-1-3-6-20/h1-3,5-10,22,24,27H,4,11-19H2. The van der Waals surface area contributed by atoms with Crippen LogP contribution in [0.25, 0.3) is 0 Å². The van der Waals surface area contributed by atoms with E-state index in [1.807, 2.05) is 12.1 Å². The summed E-state index contributed by atoms with van der Waals surface area (Å²) >= 11 is 0. The van der Waals surface area contributed by atoms with Gasteiger partial charge in [0.05, 0.1) is 6.10 Å². The van der Waals surface area contributed by atoms with Crippen LogP contribution in [0, 0.1) is 0 Å². The SMILES string of the molecule is Oc1ccc(C2CCN(CC3CN(Cc4ccccc4)CCCO3)CC2)cc1. The molecule has 1 unspecified atom stereocenters. The van der Waals surface area contributed by atoms with Crippen molar-refractivity contribution in [1.29, 1.82) is 0 Å². The van der Waals surface area contributed by atoms with Crippen LogP contribution in [-0.2, 0) is 11.3 Å².